The molecular formula is C11H25N. The zero-order chi connectivity index (χ0) is 9.94. The van der Waals surface area contributed by atoms with E-state index in [0.29, 0.717) is 23.3 Å². The summed E-state index contributed by atoms with van der Waals surface area (Å²) in [5.41, 5.74) is 6.41. The molecule has 2 N–H and O–H groups in total. The number of nitrogens with two attached hydrogens (primary N) is 1. The molecule has 12 heavy (non-hydrogen) atoms. The van der Waals surface area contributed by atoms with E-state index in [0.717, 1.165) is 6.42 Å². The summed E-state index contributed by atoms with van der Waals surface area (Å²) >= 11 is 0. The number of hydrogen-bond donors (Lipinski definition) is 1. The molecule has 0 aromatic carbocycles. The van der Waals surface area contributed by atoms with Crippen LogP contribution in [0, 0.1) is 17.3 Å². The van der Waals surface area contributed by atoms with Crippen LogP contribution in [0.15, 0.2) is 0 Å². The molecule has 0 fully saturated rings. The van der Waals surface area contributed by atoms with E-state index in [2.05, 4.69) is 41.5 Å². The van der Waals surface area contributed by atoms with Crippen molar-refractivity contribution in [3.8, 4) is 0 Å². The monoisotopic (exact) mass is 171 g/mol. The van der Waals surface area contributed by atoms with Crippen molar-refractivity contribution < 1.29 is 0 Å². The molecule has 0 aromatic rings. The van der Waals surface area contributed by atoms with Gasteiger partial charge in [0, 0.05) is 6.04 Å². The Morgan fingerprint density at radius 2 is 1.50 bits per heavy atom. The van der Waals surface area contributed by atoms with Crippen LogP contribution in [0.5, 0.6) is 0 Å². The largest absolute Gasteiger partial charge is 0.327 e. The SMILES string of the molecule is CC(C)C(N)CC(C)C(C)(C)C. The Balaban J connectivity index is 3.93. The normalized spacial score (nSPS) is 18.0. The summed E-state index contributed by atoms with van der Waals surface area (Å²) in [6.45, 7) is 13.5. The Hall–Kier alpha value is -0.0400. The predicted octanol–water partition coefficient (Wildman–Crippen LogP) is 3.04. The third kappa shape index (κ3) is 4.10. The summed E-state index contributed by atoms with van der Waals surface area (Å²) in [5, 5.41) is 0. The first-order chi connectivity index (χ1) is 5.25. The van der Waals surface area contributed by atoms with Gasteiger partial charge in [-0.2, -0.15) is 0 Å². The third-order valence-electron chi connectivity index (χ3n) is 2.96. The van der Waals surface area contributed by atoms with Gasteiger partial charge in [-0.25, -0.2) is 0 Å². The van der Waals surface area contributed by atoms with Gasteiger partial charge in [-0.05, 0) is 23.7 Å². The van der Waals surface area contributed by atoms with Crippen molar-refractivity contribution in [3.63, 3.8) is 0 Å². The maximum absolute atomic E-state index is 6.01. The van der Waals surface area contributed by atoms with E-state index in [-0.39, 0.29) is 0 Å². The second kappa shape index (κ2) is 4.27. The lowest BCUT2D eigenvalue weighted by molar-refractivity contribution is 0.220. The zero-order valence-electron chi connectivity index (χ0n) is 9.52. The highest BCUT2D eigenvalue weighted by atomic mass is 14.6. The van der Waals surface area contributed by atoms with Crippen LogP contribution in [0.4, 0.5) is 0 Å². The highest BCUT2D eigenvalue weighted by Crippen LogP contribution is 2.29. The van der Waals surface area contributed by atoms with Gasteiger partial charge in [-0.3, -0.25) is 0 Å². The molecule has 74 valence electrons. The van der Waals surface area contributed by atoms with Gasteiger partial charge in [0.25, 0.3) is 0 Å². The Kier molecular flexibility index (Phi) is 4.25. The molecule has 0 radical (unpaired) electrons. The van der Waals surface area contributed by atoms with Gasteiger partial charge in [0.1, 0.15) is 0 Å². The fraction of sp³-hybridized carbons (Fsp3) is 1.00. The van der Waals surface area contributed by atoms with Gasteiger partial charge in [-0.1, -0.05) is 41.5 Å². The summed E-state index contributed by atoms with van der Waals surface area (Å²) < 4.78 is 0. The minimum Gasteiger partial charge on any atom is -0.327 e. The van der Waals surface area contributed by atoms with E-state index < -0.39 is 0 Å². The molecule has 0 aliphatic rings. The van der Waals surface area contributed by atoms with Crippen molar-refractivity contribution in [1.29, 1.82) is 0 Å². The van der Waals surface area contributed by atoms with E-state index in [1.807, 2.05) is 0 Å². The molecular weight excluding hydrogens is 146 g/mol. The minimum absolute atomic E-state index is 0.360. The first-order valence-corrected chi connectivity index (χ1v) is 5.00. The van der Waals surface area contributed by atoms with Crippen molar-refractivity contribution in [2.45, 2.75) is 54.0 Å². The van der Waals surface area contributed by atoms with Gasteiger partial charge in [0.15, 0.2) is 0 Å². The van der Waals surface area contributed by atoms with Crippen molar-refractivity contribution in [3.05, 3.63) is 0 Å². The van der Waals surface area contributed by atoms with Crippen LogP contribution in [0.2, 0.25) is 0 Å². The van der Waals surface area contributed by atoms with Crippen LogP contribution in [-0.4, -0.2) is 6.04 Å². The average molecular weight is 171 g/mol. The fourth-order valence-electron chi connectivity index (χ4n) is 1.03. The standard InChI is InChI=1S/C11H25N/c1-8(2)10(12)7-9(3)11(4,5)6/h8-10H,7,12H2,1-6H3. The van der Waals surface area contributed by atoms with Crippen molar-refractivity contribution in [2.24, 2.45) is 23.0 Å². The molecule has 1 heteroatoms. The molecule has 0 aromatic heterocycles. The molecule has 0 saturated carbocycles. The Morgan fingerprint density at radius 1 is 1.08 bits per heavy atom. The van der Waals surface area contributed by atoms with Crippen LogP contribution in [0.3, 0.4) is 0 Å². The lowest BCUT2D eigenvalue weighted by atomic mass is 9.77. The van der Waals surface area contributed by atoms with Gasteiger partial charge in [0.05, 0.1) is 0 Å². The quantitative estimate of drug-likeness (QED) is 0.694. The van der Waals surface area contributed by atoms with Crippen LogP contribution < -0.4 is 5.73 Å². The molecule has 1 nitrogen and oxygen atoms in total. The van der Waals surface area contributed by atoms with Gasteiger partial charge >= 0.3 is 0 Å². The van der Waals surface area contributed by atoms with Crippen molar-refractivity contribution in [1.82, 2.24) is 0 Å². The maximum atomic E-state index is 6.01. The van der Waals surface area contributed by atoms with Crippen LogP contribution in [0.25, 0.3) is 0 Å². The molecule has 2 atom stereocenters. The molecule has 0 spiro atoms. The van der Waals surface area contributed by atoms with E-state index in [4.69, 9.17) is 5.73 Å². The van der Waals surface area contributed by atoms with Crippen LogP contribution in [0.1, 0.15) is 48.0 Å². The molecule has 0 heterocycles. The maximum Gasteiger partial charge on any atom is 0.00646 e. The van der Waals surface area contributed by atoms with Crippen molar-refractivity contribution >= 4 is 0 Å². The molecule has 0 aliphatic carbocycles. The van der Waals surface area contributed by atoms with Crippen LogP contribution in [-0.2, 0) is 0 Å². The molecule has 0 rings (SSSR count). The van der Waals surface area contributed by atoms with Gasteiger partial charge in [-0.15, -0.1) is 0 Å². The summed E-state index contributed by atoms with van der Waals surface area (Å²) in [6, 6.07) is 0.360. The minimum atomic E-state index is 0.360. The Bertz CT molecular complexity index is 121. The number of hydrogen-bond acceptors (Lipinski definition) is 1. The van der Waals surface area contributed by atoms with Crippen LogP contribution >= 0.6 is 0 Å². The zero-order valence-corrected chi connectivity index (χ0v) is 9.52. The van der Waals surface area contributed by atoms with E-state index >= 15 is 0 Å². The van der Waals surface area contributed by atoms with E-state index in [9.17, 15) is 0 Å². The lowest BCUT2D eigenvalue weighted by Gasteiger charge is -2.30. The fourth-order valence-corrected chi connectivity index (χ4v) is 1.03. The molecule has 0 amide bonds. The summed E-state index contributed by atoms with van der Waals surface area (Å²) in [5.74, 6) is 1.31. The van der Waals surface area contributed by atoms with E-state index in [1.54, 1.807) is 0 Å². The third-order valence-corrected chi connectivity index (χ3v) is 2.96. The first-order valence-electron chi connectivity index (χ1n) is 5.00. The Morgan fingerprint density at radius 3 is 1.75 bits per heavy atom. The number of rotatable bonds is 3. The molecule has 0 bridgehead atoms. The predicted molar refractivity (Wildman–Crippen MR) is 56.0 cm³/mol. The summed E-state index contributed by atoms with van der Waals surface area (Å²) in [7, 11) is 0. The Labute approximate surface area is 77.7 Å². The van der Waals surface area contributed by atoms with Gasteiger partial charge < -0.3 is 5.73 Å². The average Bonchev–Trinajstić information content (AvgIpc) is 1.85. The molecule has 0 aliphatic heterocycles. The van der Waals surface area contributed by atoms with E-state index in [1.165, 1.54) is 0 Å². The highest BCUT2D eigenvalue weighted by Gasteiger charge is 2.22. The van der Waals surface area contributed by atoms with Gasteiger partial charge in [0.2, 0.25) is 0 Å². The summed E-state index contributed by atoms with van der Waals surface area (Å²) in [4.78, 5) is 0. The highest BCUT2D eigenvalue weighted by molar-refractivity contribution is 4.76. The second-order valence-corrected chi connectivity index (χ2v) is 5.41. The first kappa shape index (κ1) is 12.0. The smallest absolute Gasteiger partial charge is 0.00646 e. The molecule has 0 saturated heterocycles. The van der Waals surface area contributed by atoms with Crippen molar-refractivity contribution in [2.75, 3.05) is 0 Å². The topological polar surface area (TPSA) is 26.0 Å². The second-order valence-electron chi connectivity index (χ2n) is 5.41. The molecule has 2 unspecified atom stereocenters. The summed E-state index contributed by atoms with van der Waals surface area (Å²) in [6.07, 6.45) is 1.14. The lowest BCUT2D eigenvalue weighted by Crippen LogP contribution is -2.32.